The van der Waals surface area contributed by atoms with Gasteiger partial charge in [0.15, 0.2) is 0 Å². The number of carbonyl (C=O) groups excluding carboxylic acids is 1. The number of pyridine rings is 1. The molecule has 1 saturated heterocycles. The highest BCUT2D eigenvalue weighted by Crippen LogP contribution is 2.46. The highest BCUT2D eigenvalue weighted by Gasteiger charge is 2.40. The van der Waals surface area contributed by atoms with Crippen molar-refractivity contribution in [1.29, 1.82) is 0 Å². The van der Waals surface area contributed by atoms with E-state index in [-0.39, 0.29) is 18.5 Å². The number of amides is 2. The Morgan fingerprint density at radius 2 is 2.09 bits per heavy atom. The van der Waals surface area contributed by atoms with Gasteiger partial charge in [-0.05, 0) is 54.0 Å². The smallest absolute Gasteiger partial charge is 0.317 e. The number of benzene rings is 1. The van der Waals surface area contributed by atoms with Gasteiger partial charge in [-0.15, -0.1) is 0 Å². The van der Waals surface area contributed by atoms with Gasteiger partial charge in [-0.3, -0.25) is 10.1 Å². The quantitative estimate of drug-likeness (QED) is 0.526. The van der Waals surface area contributed by atoms with E-state index in [2.05, 4.69) is 34.3 Å². The largest absolute Gasteiger partial charge is 0.388 e. The molecular formula is C23H27ClFN5O2. The van der Waals surface area contributed by atoms with Crippen LogP contribution in [0.25, 0.3) is 10.9 Å². The lowest BCUT2D eigenvalue weighted by Crippen LogP contribution is -2.47. The Labute approximate surface area is 191 Å². The summed E-state index contributed by atoms with van der Waals surface area (Å²) in [5.41, 5.74) is 1.74. The van der Waals surface area contributed by atoms with Gasteiger partial charge in [0, 0.05) is 23.5 Å². The number of fused-ring (bicyclic) bond motifs is 1. The van der Waals surface area contributed by atoms with Crippen molar-refractivity contribution in [2.24, 2.45) is 11.3 Å². The Morgan fingerprint density at radius 3 is 2.78 bits per heavy atom. The Balaban J connectivity index is 1.37. The van der Waals surface area contributed by atoms with Gasteiger partial charge in [0.25, 0.3) is 0 Å². The minimum atomic E-state index is -0.726. The van der Waals surface area contributed by atoms with Gasteiger partial charge < -0.3 is 15.3 Å². The van der Waals surface area contributed by atoms with Crippen LogP contribution in [0.3, 0.4) is 0 Å². The highest BCUT2D eigenvalue weighted by atomic mass is 35.5. The Kier molecular flexibility index (Phi) is 6.35. The van der Waals surface area contributed by atoms with Crippen molar-refractivity contribution in [3.05, 3.63) is 58.8 Å². The third-order valence-electron chi connectivity index (χ3n) is 6.60. The number of urea groups is 1. The molecule has 2 aromatic heterocycles. The first-order valence-electron chi connectivity index (χ1n) is 10.7. The van der Waals surface area contributed by atoms with Crippen molar-refractivity contribution in [3.63, 3.8) is 0 Å². The standard InChI is InChI=1S/C23H27ClFN5O2/c1-23(2,21(31)18-9-15(24)10-20-19(18)13-28-29-20)14-5-7-30(8-6-14)22(32)27-12-17-4-3-16(25)11-26-17/h3-4,9-11,13-14,21,31H,5-8,12H2,1-2H3,(H,27,32)(H,28,29). The van der Waals surface area contributed by atoms with Crippen LogP contribution in [-0.4, -0.2) is 44.3 Å². The van der Waals surface area contributed by atoms with E-state index in [1.54, 1.807) is 29.3 Å². The molecule has 3 heterocycles. The number of nitrogens with one attached hydrogen (secondary N) is 2. The van der Waals surface area contributed by atoms with E-state index >= 15 is 0 Å². The zero-order chi connectivity index (χ0) is 22.9. The molecule has 0 saturated carbocycles. The first kappa shape index (κ1) is 22.5. The highest BCUT2D eigenvalue weighted by molar-refractivity contribution is 6.31. The Morgan fingerprint density at radius 1 is 1.34 bits per heavy atom. The molecule has 1 fully saturated rings. The summed E-state index contributed by atoms with van der Waals surface area (Å²) in [6.45, 7) is 5.56. The zero-order valence-corrected chi connectivity index (χ0v) is 18.9. The van der Waals surface area contributed by atoms with Crippen LogP contribution in [0.4, 0.5) is 9.18 Å². The molecular weight excluding hydrogens is 433 g/mol. The van der Waals surface area contributed by atoms with Crippen LogP contribution in [0.15, 0.2) is 36.7 Å². The van der Waals surface area contributed by atoms with E-state index in [1.807, 2.05) is 0 Å². The minimum absolute atomic E-state index is 0.164. The fourth-order valence-corrected chi connectivity index (χ4v) is 4.73. The van der Waals surface area contributed by atoms with Gasteiger partial charge in [-0.2, -0.15) is 5.10 Å². The molecule has 4 rings (SSSR count). The average Bonchev–Trinajstić information content (AvgIpc) is 3.26. The van der Waals surface area contributed by atoms with Gasteiger partial charge in [0.2, 0.25) is 0 Å². The number of aromatic nitrogens is 3. The van der Waals surface area contributed by atoms with E-state index in [1.165, 1.54) is 6.07 Å². The van der Waals surface area contributed by atoms with E-state index < -0.39 is 17.3 Å². The summed E-state index contributed by atoms with van der Waals surface area (Å²) in [6, 6.07) is 6.31. The lowest BCUT2D eigenvalue weighted by molar-refractivity contribution is -0.0142. The fourth-order valence-electron chi connectivity index (χ4n) is 4.51. The molecule has 0 bridgehead atoms. The van der Waals surface area contributed by atoms with Crippen molar-refractivity contribution in [2.45, 2.75) is 39.3 Å². The lowest BCUT2D eigenvalue weighted by Gasteiger charge is -2.43. The number of nitrogens with zero attached hydrogens (tertiary/aromatic N) is 3. The molecule has 7 nitrogen and oxygen atoms in total. The first-order chi connectivity index (χ1) is 15.3. The van der Waals surface area contributed by atoms with Gasteiger partial charge >= 0.3 is 6.03 Å². The summed E-state index contributed by atoms with van der Waals surface area (Å²) >= 11 is 6.26. The fraction of sp³-hybridized carbons (Fsp3) is 0.435. The Hall–Kier alpha value is -2.71. The normalized spacial score (nSPS) is 16.3. The van der Waals surface area contributed by atoms with E-state index in [9.17, 15) is 14.3 Å². The summed E-state index contributed by atoms with van der Waals surface area (Å²) in [5.74, 6) is -0.181. The van der Waals surface area contributed by atoms with Crippen molar-refractivity contribution in [1.82, 2.24) is 25.4 Å². The van der Waals surface area contributed by atoms with Crippen molar-refractivity contribution < 1.29 is 14.3 Å². The van der Waals surface area contributed by atoms with Gasteiger partial charge in [0.05, 0.1) is 36.3 Å². The maximum Gasteiger partial charge on any atom is 0.317 e. The summed E-state index contributed by atoms with van der Waals surface area (Å²) < 4.78 is 13.0. The number of aliphatic hydroxyl groups excluding tert-OH is 1. The molecule has 1 atom stereocenters. The predicted molar refractivity (Wildman–Crippen MR) is 121 cm³/mol. The van der Waals surface area contributed by atoms with Crippen molar-refractivity contribution in [2.75, 3.05) is 13.1 Å². The number of piperidine rings is 1. The second kappa shape index (κ2) is 9.03. The molecule has 170 valence electrons. The first-order valence-corrected chi connectivity index (χ1v) is 11.1. The molecule has 0 spiro atoms. The number of aliphatic hydroxyl groups is 1. The number of carbonyl (C=O) groups is 1. The minimum Gasteiger partial charge on any atom is -0.388 e. The van der Waals surface area contributed by atoms with Gasteiger partial charge in [0.1, 0.15) is 5.82 Å². The van der Waals surface area contributed by atoms with E-state index in [0.717, 1.165) is 35.5 Å². The van der Waals surface area contributed by atoms with Crippen molar-refractivity contribution >= 4 is 28.5 Å². The topological polar surface area (TPSA) is 94.1 Å². The SMILES string of the molecule is CC(C)(C1CCN(C(=O)NCc2ccc(F)cn2)CC1)C(O)c1cc(Cl)cc2[nH]ncc12. The van der Waals surface area contributed by atoms with Crippen LogP contribution >= 0.6 is 11.6 Å². The molecule has 32 heavy (non-hydrogen) atoms. The molecule has 3 N–H and O–H groups in total. The third kappa shape index (κ3) is 4.56. The summed E-state index contributed by atoms with van der Waals surface area (Å²) in [7, 11) is 0. The summed E-state index contributed by atoms with van der Waals surface area (Å²) in [6.07, 6.45) is 3.68. The number of hydrogen-bond acceptors (Lipinski definition) is 4. The van der Waals surface area contributed by atoms with Gasteiger partial charge in [-0.1, -0.05) is 25.4 Å². The van der Waals surface area contributed by atoms with E-state index in [4.69, 9.17) is 11.6 Å². The monoisotopic (exact) mass is 459 g/mol. The maximum absolute atomic E-state index is 13.0. The predicted octanol–water partition coefficient (Wildman–Crippen LogP) is 4.43. The Bertz CT molecular complexity index is 1090. The van der Waals surface area contributed by atoms with Crippen LogP contribution in [-0.2, 0) is 6.54 Å². The number of rotatable bonds is 5. The molecule has 0 aliphatic carbocycles. The second-order valence-electron chi connectivity index (χ2n) is 8.94. The van der Waals surface area contributed by atoms with Crippen LogP contribution in [0.2, 0.25) is 5.02 Å². The molecule has 3 aromatic rings. The molecule has 0 radical (unpaired) electrons. The summed E-state index contributed by atoms with van der Waals surface area (Å²) in [5, 5.41) is 22.6. The molecule has 9 heteroatoms. The summed E-state index contributed by atoms with van der Waals surface area (Å²) in [4.78, 5) is 18.3. The van der Waals surface area contributed by atoms with Crippen LogP contribution in [0, 0.1) is 17.2 Å². The number of hydrogen-bond donors (Lipinski definition) is 3. The second-order valence-corrected chi connectivity index (χ2v) is 9.37. The van der Waals surface area contributed by atoms with E-state index in [0.29, 0.717) is 23.8 Å². The zero-order valence-electron chi connectivity index (χ0n) is 18.1. The molecule has 1 aliphatic rings. The van der Waals surface area contributed by atoms with Crippen LogP contribution in [0.1, 0.15) is 44.1 Å². The molecule has 1 aromatic carbocycles. The number of H-pyrrole nitrogens is 1. The molecule has 1 unspecified atom stereocenters. The third-order valence-corrected chi connectivity index (χ3v) is 6.82. The number of aromatic amines is 1. The van der Waals surface area contributed by atoms with Gasteiger partial charge in [-0.25, -0.2) is 9.18 Å². The maximum atomic E-state index is 13.0. The average molecular weight is 460 g/mol. The van der Waals surface area contributed by atoms with Crippen LogP contribution in [0.5, 0.6) is 0 Å². The lowest BCUT2D eigenvalue weighted by atomic mass is 9.68. The number of likely N-dealkylation sites (tertiary alicyclic amines) is 1. The number of halogens is 2. The van der Waals surface area contributed by atoms with Crippen LogP contribution < -0.4 is 5.32 Å². The molecule has 2 amide bonds. The molecule has 1 aliphatic heterocycles. The van der Waals surface area contributed by atoms with Crippen molar-refractivity contribution in [3.8, 4) is 0 Å².